The number of benzene rings is 2. The van der Waals surface area contributed by atoms with Gasteiger partial charge in [-0.2, -0.15) is 0 Å². The number of hydrogen-bond donors (Lipinski definition) is 1. The van der Waals surface area contributed by atoms with Crippen LogP contribution in [0.3, 0.4) is 0 Å². The van der Waals surface area contributed by atoms with E-state index in [2.05, 4.69) is 0 Å². The number of rotatable bonds is 17. The van der Waals surface area contributed by atoms with Crippen LogP contribution < -0.4 is 0 Å². The van der Waals surface area contributed by atoms with Crippen molar-refractivity contribution in [2.45, 2.75) is 45.8 Å². The minimum atomic E-state index is -1.60. The second kappa shape index (κ2) is 17.2. The molecule has 2 amide bonds. The van der Waals surface area contributed by atoms with Gasteiger partial charge in [-0.05, 0) is 37.5 Å². The van der Waals surface area contributed by atoms with Gasteiger partial charge in [-0.3, -0.25) is 19.2 Å². The summed E-state index contributed by atoms with van der Waals surface area (Å²) in [6, 6.07) is 15.2. The van der Waals surface area contributed by atoms with Crippen molar-refractivity contribution in [3.05, 3.63) is 77.4 Å². The highest BCUT2D eigenvalue weighted by molar-refractivity contribution is 6.25. The van der Waals surface area contributed by atoms with Crippen LogP contribution in [-0.4, -0.2) is 85.3 Å². The van der Waals surface area contributed by atoms with Gasteiger partial charge >= 0.3 is 12.1 Å². The number of ether oxygens (including phenoxy) is 4. The average Bonchev–Trinajstić information content (AvgIpc) is 3.40. The number of aliphatic hydroxyl groups is 1. The molecular formula is C33H39NO10. The number of carbonyl (C=O) groups is 5. The van der Waals surface area contributed by atoms with E-state index in [4.69, 9.17) is 24.1 Å². The molecule has 3 rings (SSSR count). The summed E-state index contributed by atoms with van der Waals surface area (Å²) in [6.07, 6.45) is -0.918. The maximum absolute atomic E-state index is 13.7. The second-order valence-electron chi connectivity index (χ2n) is 10.3. The van der Waals surface area contributed by atoms with E-state index in [1.165, 1.54) is 6.92 Å². The number of cyclic esters (lactones) is 1. The van der Waals surface area contributed by atoms with Crippen LogP contribution in [0.2, 0.25) is 0 Å². The minimum Gasteiger partial charge on any atom is -0.453 e. The average molecular weight is 610 g/mol. The van der Waals surface area contributed by atoms with E-state index in [9.17, 15) is 24.0 Å². The van der Waals surface area contributed by atoms with E-state index in [1.54, 1.807) is 48.5 Å². The van der Waals surface area contributed by atoms with Crippen LogP contribution >= 0.6 is 0 Å². The van der Waals surface area contributed by atoms with Crippen molar-refractivity contribution in [3.63, 3.8) is 0 Å². The van der Waals surface area contributed by atoms with Crippen LogP contribution in [0.5, 0.6) is 0 Å². The highest BCUT2D eigenvalue weighted by Gasteiger charge is 2.44. The highest BCUT2D eigenvalue weighted by Crippen LogP contribution is 2.31. The van der Waals surface area contributed by atoms with Crippen LogP contribution in [0.15, 0.2) is 60.7 Å². The number of hydrogen-bond acceptors (Lipinski definition) is 10. The number of amides is 2. The van der Waals surface area contributed by atoms with Crippen LogP contribution in [-0.2, 0) is 38.1 Å². The molecule has 11 nitrogen and oxygen atoms in total. The molecule has 2 aromatic rings. The number of nitrogens with zero attached hydrogens (tertiary/aromatic N) is 1. The third kappa shape index (κ3) is 9.66. The zero-order chi connectivity index (χ0) is 32.1. The zero-order valence-corrected chi connectivity index (χ0v) is 25.2. The topological polar surface area (TPSA) is 146 Å². The van der Waals surface area contributed by atoms with E-state index in [0.29, 0.717) is 30.8 Å². The fourth-order valence-corrected chi connectivity index (χ4v) is 4.74. The van der Waals surface area contributed by atoms with Crippen LogP contribution in [0.25, 0.3) is 5.57 Å². The number of aliphatic hydroxyl groups excluding tert-OH is 1. The molecule has 44 heavy (non-hydrogen) atoms. The lowest BCUT2D eigenvalue weighted by atomic mass is 9.92. The molecule has 0 saturated carbocycles. The first-order chi connectivity index (χ1) is 21.1. The molecule has 1 fully saturated rings. The van der Waals surface area contributed by atoms with Gasteiger partial charge < -0.3 is 24.1 Å². The molecular weight excluding hydrogens is 570 g/mol. The molecule has 0 aromatic heterocycles. The fourth-order valence-electron chi connectivity index (χ4n) is 4.74. The van der Waals surface area contributed by atoms with Gasteiger partial charge in [0.15, 0.2) is 17.7 Å². The number of imide groups is 1. The van der Waals surface area contributed by atoms with Gasteiger partial charge in [0.05, 0.1) is 32.3 Å². The summed E-state index contributed by atoms with van der Waals surface area (Å²) in [4.78, 5) is 66.4. The van der Waals surface area contributed by atoms with Crippen LogP contribution in [0.1, 0.15) is 49.4 Å². The highest BCUT2D eigenvalue weighted by atomic mass is 16.6. The molecule has 11 heteroatoms. The van der Waals surface area contributed by atoms with Crippen molar-refractivity contribution in [3.8, 4) is 0 Å². The molecule has 0 radical (unpaired) electrons. The Balaban J connectivity index is 1.82. The number of esters is 1. The van der Waals surface area contributed by atoms with Crippen molar-refractivity contribution in [1.82, 2.24) is 4.90 Å². The lowest BCUT2D eigenvalue weighted by Gasteiger charge is -2.27. The SMILES string of the molecule is CC(=O)O[C@@H](C(=O)C=C(C(=O)CCCOCCOCCO)c1cccc(C)c1)[C@@H](C)C(=O)N1C(=O)OC[C@H]1c1ccccc1. The molecule has 0 spiro atoms. The Bertz CT molecular complexity index is 1340. The summed E-state index contributed by atoms with van der Waals surface area (Å²) < 4.78 is 21.1. The Hall–Kier alpha value is -4.19. The second-order valence-corrected chi connectivity index (χ2v) is 10.3. The van der Waals surface area contributed by atoms with Gasteiger partial charge in [0.1, 0.15) is 12.6 Å². The smallest absolute Gasteiger partial charge is 0.417 e. The monoisotopic (exact) mass is 609 g/mol. The standard InChI is InChI=1S/C33H39NO10/c1-22-9-7-12-26(19-22)27(29(37)13-8-15-41-17-18-42-16-14-35)20-30(38)31(44-24(3)36)23(2)32(39)34-28(21-43-33(34)40)25-10-5-4-6-11-25/h4-7,9-12,19-20,23,28,31,35H,8,13-18,21H2,1-3H3/t23-,28+,31-/m1/s1. The van der Waals surface area contributed by atoms with Crippen LogP contribution in [0.4, 0.5) is 4.79 Å². The third-order valence-electron chi connectivity index (χ3n) is 6.93. The summed E-state index contributed by atoms with van der Waals surface area (Å²) in [7, 11) is 0. The maximum Gasteiger partial charge on any atom is 0.417 e. The van der Waals surface area contributed by atoms with Crippen molar-refractivity contribution < 1.29 is 48.0 Å². The molecule has 1 N–H and O–H groups in total. The largest absolute Gasteiger partial charge is 0.453 e. The molecule has 1 aliphatic heterocycles. The van der Waals surface area contributed by atoms with Gasteiger partial charge in [-0.1, -0.05) is 60.2 Å². The van der Waals surface area contributed by atoms with E-state index in [1.807, 2.05) is 13.0 Å². The van der Waals surface area contributed by atoms with E-state index in [0.717, 1.165) is 23.5 Å². The van der Waals surface area contributed by atoms with Gasteiger partial charge in [0, 0.05) is 25.5 Å². The number of ketones is 2. The van der Waals surface area contributed by atoms with Gasteiger partial charge in [0.25, 0.3) is 0 Å². The first-order valence-electron chi connectivity index (χ1n) is 14.5. The molecule has 0 unspecified atom stereocenters. The summed E-state index contributed by atoms with van der Waals surface area (Å²) in [5.41, 5.74) is 2.13. The molecule has 3 atom stereocenters. The Morgan fingerprint density at radius 1 is 1.02 bits per heavy atom. The number of allylic oxidation sites excluding steroid dienone is 1. The minimum absolute atomic E-state index is 0.0568. The number of Topliss-reactive ketones (excluding diaryl/α,β-unsaturated/α-hetero) is 1. The predicted octanol–water partition coefficient (Wildman–Crippen LogP) is 3.61. The van der Waals surface area contributed by atoms with E-state index < -0.39 is 41.8 Å². The summed E-state index contributed by atoms with van der Waals surface area (Å²) >= 11 is 0. The molecule has 0 bridgehead atoms. The molecule has 1 aliphatic rings. The van der Waals surface area contributed by atoms with Crippen molar-refractivity contribution in [2.75, 3.05) is 39.6 Å². The van der Waals surface area contributed by atoms with Crippen molar-refractivity contribution >= 4 is 35.1 Å². The fraction of sp³-hybridized carbons (Fsp3) is 0.424. The Kier molecular flexibility index (Phi) is 13.4. The van der Waals surface area contributed by atoms with Crippen LogP contribution in [0, 0.1) is 12.8 Å². The van der Waals surface area contributed by atoms with Gasteiger partial charge in [-0.25, -0.2) is 9.69 Å². The summed E-state index contributed by atoms with van der Waals surface area (Å²) in [5.74, 6) is -3.93. The lowest BCUT2D eigenvalue weighted by molar-refractivity contribution is -0.158. The number of aryl methyl sites for hydroxylation is 1. The third-order valence-corrected chi connectivity index (χ3v) is 6.93. The maximum atomic E-state index is 13.7. The summed E-state index contributed by atoms with van der Waals surface area (Å²) in [6.45, 7) is 5.33. The van der Waals surface area contributed by atoms with Gasteiger partial charge in [-0.15, -0.1) is 0 Å². The molecule has 236 valence electrons. The predicted molar refractivity (Wildman–Crippen MR) is 159 cm³/mol. The quantitative estimate of drug-likeness (QED) is 0.160. The first-order valence-corrected chi connectivity index (χ1v) is 14.5. The normalized spacial score (nSPS) is 16.3. The zero-order valence-electron chi connectivity index (χ0n) is 25.2. The number of carbonyl (C=O) groups excluding carboxylic acids is 5. The summed E-state index contributed by atoms with van der Waals surface area (Å²) in [5, 5.41) is 8.75. The molecule has 2 aromatic carbocycles. The Morgan fingerprint density at radius 3 is 2.39 bits per heavy atom. The Morgan fingerprint density at radius 2 is 1.73 bits per heavy atom. The molecule has 0 aliphatic carbocycles. The van der Waals surface area contributed by atoms with Crippen molar-refractivity contribution in [1.29, 1.82) is 0 Å². The molecule has 1 saturated heterocycles. The molecule has 1 heterocycles. The van der Waals surface area contributed by atoms with E-state index in [-0.39, 0.29) is 44.2 Å². The van der Waals surface area contributed by atoms with Gasteiger partial charge in [0.2, 0.25) is 5.91 Å². The Labute approximate surface area is 256 Å². The first kappa shape index (κ1) is 34.3. The van der Waals surface area contributed by atoms with E-state index >= 15 is 0 Å². The van der Waals surface area contributed by atoms with Crippen molar-refractivity contribution in [2.24, 2.45) is 5.92 Å². The lowest BCUT2D eigenvalue weighted by Crippen LogP contribution is -2.45.